The third kappa shape index (κ3) is 6.45. The molecule has 0 bridgehead atoms. The van der Waals surface area contributed by atoms with E-state index in [2.05, 4.69) is 10.2 Å². The highest BCUT2D eigenvalue weighted by Crippen LogP contribution is 2.24. The molecule has 0 aromatic rings. The highest BCUT2D eigenvalue weighted by atomic mass is 16.5. The van der Waals surface area contributed by atoms with Crippen LogP contribution in [-0.4, -0.2) is 133 Å². The van der Waals surface area contributed by atoms with Gasteiger partial charge in [0.2, 0.25) is 23.6 Å². The minimum absolute atomic E-state index is 0.0280. The van der Waals surface area contributed by atoms with Gasteiger partial charge in [0.15, 0.2) is 0 Å². The molecule has 4 saturated heterocycles. The van der Waals surface area contributed by atoms with Gasteiger partial charge in [-0.3, -0.25) is 24.1 Å². The third-order valence-corrected chi connectivity index (χ3v) is 8.13. The van der Waals surface area contributed by atoms with Crippen molar-refractivity contribution in [2.24, 2.45) is 0 Å². The number of carbonyl (C=O) groups excluding carboxylic acids is 5. The molecule has 4 heterocycles. The number of carbonyl (C=O) groups is 5. The molecule has 38 heavy (non-hydrogen) atoms. The van der Waals surface area contributed by atoms with Gasteiger partial charge in [-0.1, -0.05) is 0 Å². The Bertz CT molecular complexity index is 908. The summed E-state index contributed by atoms with van der Waals surface area (Å²) in [5.74, 6) is -1.85. The smallest absolute Gasteiger partial charge is 0.328 e. The zero-order chi connectivity index (χ0) is 27.2. The molecule has 3 unspecified atom stereocenters. The Morgan fingerprint density at radius 1 is 0.868 bits per heavy atom. The van der Waals surface area contributed by atoms with E-state index in [0.29, 0.717) is 64.8 Å². The summed E-state index contributed by atoms with van der Waals surface area (Å²) in [5.41, 5.74) is 0. The minimum atomic E-state index is -0.862. The summed E-state index contributed by atoms with van der Waals surface area (Å²) in [4.78, 5) is 72.8. The number of rotatable bonds is 4. The lowest BCUT2D eigenvalue weighted by atomic mass is 10.1. The number of nitrogens with zero attached hydrogens (tertiary/aromatic N) is 4. The van der Waals surface area contributed by atoms with Crippen molar-refractivity contribution in [1.29, 1.82) is 0 Å². The molecule has 4 aliphatic rings. The normalized spacial score (nSPS) is 30.8. The Morgan fingerprint density at radius 3 is 2.29 bits per heavy atom. The third-order valence-electron chi connectivity index (χ3n) is 8.13. The quantitative estimate of drug-likeness (QED) is 0.471. The summed E-state index contributed by atoms with van der Waals surface area (Å²) in [7, 11) is 1.61. The molecule has 1 N–H and O–H groups in total. The number of fused-ring (bicyclic) bond motifs is 2. The van der Waals surface area contributed by atoms with E-state index in [1.165, 1.54) is 9.80 Å². The maximum atomic E-state index is 13.6. The van der Waals surface area contributed by atoms with Crippen LogP contribution in [0.15, 0.2) is 0 Å². The van der Waals surface area contributed by atoms with Gasteiger partial charge >= 0.3 is 5.97 Å². The van der Waals surface area contributed by atoms with E-state index in [0.717, 1.165) is 19.6 Å². The predicted molar refractivity (Wildman–Crippen MR) is 136 cm³/mol. The molecule has 0 radical (unpaired) electrons. The van der Waals surface area contributed by atoms with Gasteiger partial charge in [-0.15, -0.1) is 0 Å². The molecular weight excluding hydrogens is 494 g/mol. The first-order chi connectivity index (χ1) is 18.3. The van der Waals surface area contributed by atoms with Crippen LogP contribution < -0.4 is 5.32 Å². The van der Waals surface area contributed by atoms with Gasteiger partial charge in [-0.05, 0) is 52.0 Å². The number of cyclic esters (lactones) is 1. The van der Waals surface area contributed by atoms with E-state index in [4.69, 9.17) is 9.47 Å². The molecule has 4 rings (SSSR count). The van der Waals surface area contributed by atoms with Crippen molar-refractivity contribution in [2.45, 2.75) is 76.0 Å². The average molecular weight is 536 g/mol. The summed E-state index contributed by atoms with van der Waals surface area (Å²) in [6.45, 7) is 6.15. The van der Waals surface area contributed by atoms with Crippen molar-refractivity contribution < 1.29 is 33.4 Å². The van der Waals surface area contributed by atoms with Crippen molar-refractivity contribution in [2.75, 3.05) is 59.6 Å². The fraction of sp³-hybridized carbons (Fsp3) is 0.808. The molecule has 0 aromatic heterocycles. The van der Waals surface area contributed by atoms with Crippen molar-refractivity contribution in [3.63, 3.8) is 0 Å². The standard InChI is InChI=1S/C26H41N5O7/c1-18-24(34)31-12-5-8-21(31)26(36)38-15-9-22(32)30-11-4-7-20(30)25(35)28(2)19(23(33)27-18)6-3-10-29-13-16-37-17-14-29/h18-21H,3-17H2,1-2H3,(H,27,33)/t18?,19-,20?,21?/m0/s1. The number of hydrogen-bond donors (Lipinski definition) is 1. The van der Waals surface area contributed by atoms with Crippen LogP contribution in [0.2, 0.25) is 0 Å². The van der Waals surface area contributed by atoms with Crippen LogP contribution in [0.3, 0.4) is 0 Å². The first-order valence-electron chi connectivity index (χ1n) is 13.9. The second kappa shape index (κ2) is 12.9. The number of morpholine rings is 1. The number of nitrogens with one attached hydrogen (secondary N) is 1. The molecule has 12 nitrogen and oxygen atoms in total. The first-order valence-corrected chi connectivity index (χ1v) is 13.9. The molecule has 0 aliphatic carbocycles. The molecule has 0 spiro atoms. The van der Waals surface area contributed by atoms with Crippen LogP contribution in [0.25, 0.3) is 0 Å². The lowest BCUT2D eigenvalue weighted by Gasteiger charge is -2.34. The van der Waals surface area contributed by atoms with Crippen LogP contribution in [0.1, 0.15) is 51.9 Å². The van der Waals surface area contributed by atoms with Gasteiger partial charge in [0.1, 0.15) is 30.8 Å². The second-order valence-electron chi connectivity index (χ2n) is 10.6. The van der Waals surface area contributed by atoms with Crippen LogP contribution >= 0.6 is 0 Å². The molecule has 4 aliphatic heterocycles. The molecule has 0 saturated carbocycles. The molecule has 0 aromatic carbocycles. The number of esters is 1. The maximum Gasteiger partial charge on any atom is 0.328 e. The molecule has 4 amide bonds. The van der Waals surface area contributed by atoms with Crippen molar-refractivity contribution in [3.8, 4) is 0 Å². The predicted octanol–water partition coefficient (Wildman–Crippen LogP) is -0.641. The summed E-state index contributed by atoms with van der Waals surface area (Å²) in [6.07, 6.45) is 3.42. The van der Waals surface area contributed by atoms with Gasteiger partial charge in [0, 0.05) is 33.2 Å². The Kier molecular flexibility index (Phi) is 9.59. The first kappa shape index (κ1) is 28.3. The Labute approximate surface area is 223 Å². The Morgan fingerprint density at radius 2 is 1.55 bits per heavy atom. The van der Waals surface area contributed by atoms with E-state index in [-0.39, 0.29) is 30.7 Å². The summed E-state index contributed by atoms with van der Waals surface area (Å²) in [5, 5.41) is 2.81. The van der Waals surface area contributed by atoms with Crippen molar-refractivity contribution >= 4 is 29.6 Å². The Hall–Kier alpha value is -2.73. The van der Waals surface area contributed by atoms with Gasteiger partial charge in [0.05, 0.1) is 19.6 Å². The molecular formula is C26H41N5O7. The molecule has 4 fully saturated rings. The molecule has 4 atom stereocenters. The highest BCUT2D eigenvalue weighted by molar-refractivity contribution is 5.95. The number of hydrogen-bond acceptors (Lipinski definition) is 8. The minimum Gasteiger partial charge on any atom is -0.464 e. The molecule has 12 heteroatoms. The van der Waals surface area contributed by atoms with Gasteiger partial charge in [0.25, 0.3) is 0 Å². The van der Waals surface area contributed by atoms with E-state index >= 15 is 0 Å². The van der Waals surface area contributed by atoms with Crippen LogP contribution in [-0.2, 0) is 33.4 Å². The topological polar surface area (TPSA) is 129 Å². The number of ether oxygens (including phenoxy) is 2. The lowest BCUT2D eigenvalue weighted by molar-refractivity contribution is -0.156. The maximum absolute atomic E-state index is 13.6. The summed E-state index contributed by atoms with van der Waals surface area (Å²) >= 11 is 0. The summed E-state index contributed by atoms with van der Waals surface area (Å²) in [6, 6.07) is -3.03. The van der Waals surface area contributed by atoms with E-state index < -0.39 is 36.0 Å². The number of likely N-dealkylation sites (N-methyl/N-ethyl adjacent to an activating group) is 1. The second-order valence-corrected chi connectivity index (χ2v) is 10.6. The van der Waals surface area contributed by atoms with Crippen LogP contribution in [0.4, 0.5) is 0 Å². The fourth-order valence-electron chi connectivity index (χ4n) is 5.92. The summed E-state index contributed by atoms with van der Waals surface area (Å²) < 4.78 is 10.8. The molecule has 212 valence electrons. The largest absolute Gasteiger partial charge is 0.464 e. The Balaban J connectivity index is 1.54. The van der Waals surface area contributed by atoms with Gasteiger partial charge in [-0.25, -0.2) is 4.79 Å². The van der Waals surface area contributed by atoms with Gasteiger partial charge < -0.3 is 29.5 Å². The SMILES string of the molecule is CC1NC(=O)[C@H](CCCN2CCOCC2)N(C)C(=O)C2CCCN2C(=O)CCOC(=O)C2CCCN2C1=O. The van der Waals surface area contributed by atoms with Crippen molar-refractivity contribution in [1.82, 2.24) is 24.9 Å². The van der Waals surface area contributed by atoms with E-state index in [1.54, 1.807) is 18.9 Å². The number of amides is 4. The zero-order valence-corrected chi connectivity index (χ0v) is 22.6. The van der Waals surface area contributed by atoms with Crippen LogP contribution in [0, 0.1) is 0 Å². The van der Waals surface area contributed by atoms with E-state index in [1.807, 2.05) is 0 Å². The van der Waals surface area contributed by atoms with Crippen LogP contribution in [0.5, 0.6) is 0 Å². The highest BCUT2D eigenvalue weighted by Gasteiger charge is 2.41. The van der Waals surface area contributed by atoms with E-state index in [9.17, 15) is 24.0 Å². The average Bonchev–Trinajstić information content (AvgIpc) is 3.60. The van der Waals surface area contributed by atoms with Gasteiger partial charge in [-0.2, -0.15) is 0 Å². The monoisotopic (exact) mass is 535 g/mol. The fourth-order valence-corrected chi connectivity index (χ4v) is 5.92. The zero-order valence-electron chi connectivity index (χ0n) is 22.6. The van der Waals surface area contributed by atoms with Crippen molar-refractivity contribution in [3.05, 3.63) is 0 Å². The lowest BCUT2D eigenvalue weighted by Crippen LogP contribution is -2.57.